The van der Waals surface area contributed by atoms with Gasteiger partial charge < -0.3 is 14.6 Å². The summed E-state index contributed by atoms with van der Waals surface area (Å²) in [7, 11) is 0. The molecule has 2 aromatic carbocycles. The Morgan fingerprint density at radius 1 is 1.11 bits per heavy atom. The zero-order chi connectivity index (χ0) is 19.3. The van der Waals surface area contributed by atoms with Gasteiger partial charge in [-0.05, 0) is 35.7 Å². The lowest BCUT2D eigenvalue weighted by Gasteiger charge is -2.07. The molecule has 0 aliphatic carbocycles. The second-order valence-electron chi connectivity index (χ2n) is 5.74. The number of thiophene rings is 1. The largest absolute Gasteiger partial charge is 0.484 e. The first-order chi connectivity index (χ1) is 13.7. The van der Waals surface area contributed by atoms with E-state index in [0.717, 1.165) is 5.56 Å². The van der Waals surface area contributed by atoms with Gasteiger partial charge in [0.05, 0.1) is 5.69 Å². The van der Waals surface area contributed by atoms with Crippen molar-refractivity contribution in [1.82, 2.24) is 10.1 Å². The highest BCUT2D eigenvalue weighted by Gasteiger charge is 2.17. The molecule has 0 bridgehead atoms. The van der Waals surface area contributed by atoms with Gasteiger partial charge in [0.15, 0.2) is 6.61 Å². The molecule has 0 spiro atoms. The van der Waals surface area contributed by atoms with Gasteiger partial charge in [-0.3, -0.25) is 4.79 Å². The van der Waals surface area contributed by atoms with Crippen LogP contribution >= 0.6 is 11.3 Å². The summed E-state index contributed by atoms with van der Waals surface area (Å²) in [4.78, 5) is 17.3. The number of hydrogen-bond acceptors (Lipinski definition) is 6. The highest BCUT2D eigenvalue weighted by molar-refractivity contribution is 7.14. The molecule has 0 radical (unpaired) electrons. The Labute approximate surface area is 163 Å². The quantitative estimate of drug-likeness (QED) is 0.515. The van der Waals surface area contributed by atoms with Gasteiger partial charge in [-0.2, -0.15) is 4.98 Å². The molecule has 8 heteroatoms. The molecule has 28 heavy (non-hydrogen) atoms. The summed E-state index contributed by atoms with van der Waals surface area (Å²) in [5.74, 6) is 0.483. The lowest BCUT2D eigenvalue weighted by molar-refractivity contribution is -0.118. The van der Waals surface area contributed by atoms with E-state index in [1.165, 1.54) is 35.6 Å². The monoisotopic (exact) mass is 395 g/mol. The second-order valence-corrected chi connectivity index (χ2v) is 6.66. The summed E-state index contributed by atoms with van der Waals surface area (Å²) < 4.78 is 23.6. The fourth-order valence-corrected chi connectivity index (χ4v) is 3.23. The van der Waals surface area contributed by atoms with Crippen molar-refractivity contribution in [3.63, 3.8) is 0 Å². The molecule has 1 amide bonds. The minimum Gasteiger partial charge on any atom is -0.484 e. The molecule has 0 saturated carbocycles. The van der Waals surface area contributed by atoms with Crippen LogP contribution in [0.1, 0.15) is 0 Å². The second kappa shape index (κ2) is 8.01. The summed E-state index contributed by atoms with van der Waals surface area (Å²) in [6.45, 7) is -0.208. The van der Waals surface area contributed by atoms with Crippen LogP contribution in [0.5, 0.6) is 5.75 Å². The maximum absolute atomic E-state index is 12.9. The number of amides is 1. The van der Waals surface area contributed by atoms with Crippen molar-refractivity contribution < 1.29 is 18.4 Å². The van der Waals surface area contributed by atoms with Crippen LogP contribution in [-0.4, -0.2) is 22.7 Å². The van der Waals surface area contributed by atoms with E-state index in [-0.39, 0.29) is 18.3 Å². The molecule has 2 heterocycles. The average molecular weight is 395 g/mol. The number of halogens is 1. The van der Waals surface area contributed by atoms with E-state index in [0.29, 0.717) is 28.0 Å². The maximum Gasteiger partial charge on any atom is 0.270 e. The summed E-state index contributed by atoms with van der Waals surface area (Å²) >= 11 is 1.38. The molecule has 4 rings (SSSR count). The highest BCUT2D eigenvalue weighted by Crippen LogP contribution is 2.33. The number of ether oxygens (including phenoxy) is 1. The van der Waals surface area contributed by atoms with Gasteiger partial charge in [0.25, 0.3) is 11.8 Å². The van der Waals surface area contributed by atoms with Crippen molar-refractivity contribution in [1.29, 1.82) is 0 Å². The third kappa shape index (κ3) is 4.07. The van der Waals surface area contributed by atoms with Crippen LogP contribution in [0.4, 0.5) is 10.1 Å². The maximum atomic E-state index is 12.9. The van der Waals surface area contributed by atoms with Gasteiger partial charge in [-0.25, -0.2) is 4.39 Å². The molecule has 1 N–H and O–H groups in total. The minimum atomic E-state index is -0.367. The van der Waals surface area contributed by atoms with Crippen LogP contribution in [0.2, 0.25) is 0 Å². The molecule has 0 aliphatic rings. The number of aromatic nitrogens is 2. The molecule has 0 unspecified atom stereocenters. The Balaban J connectivity index is 1.43. The van der Waals surface area contributed by atoms with Gasteiger partial charge in [-0.1, -0.05) is 35.5 Å². The molecule has 4 aromatic rings. The number of nitrogens with one attached hydrogen (secondary N) is 1. The zero-order valence-corrected chi connectivity index (χ0v) is 15.3. The number of anilines is 1. The lowest BCUT2D eigenvalue weighted by atomic mass is 10.2. The van der Waals surface area contributed by atoms with Crippen molar-refractivity contribution >= 4 is 22.9 Å². The van der Waals surface area contributed by atoms with Crippen molar-refractivity contribution in [2.45, 2.75) is 0 Å². The molecule has 6 nitrogen and oxygen atoms in total. The standard InChI is InChI=1S/C20H14FN3O3S/c21-14-6-8-15(9-7-14)26-12-17(25)22-16-10-11-28-18(16)20-23-19(24-27-20)13-4-2-1-3-5-13/h1-11H,12H2,(H,22,25). The number of hydrogen-bond donors (Lipinski definition) is 1. The third-order valence-corrected chi connectivity index (χ3v) is 4.68. The first-order valence-electron chi connectivity index (χ1n) is 8.34. The van der Waals surface area contributed by atoms with Crippen molar-refractivity contribution in [3.8, 4) is 27.9 Å². The van der Waals surface area contributed by atoms with Crippen molar-refractivity contribution in [2.24, 2.45) is 0 Å². The Bertz CT molecular complexity index is 1080. The fraction of sp³-hybridized carbons (Fsp3) is 0.0500. The minimum absolute atomic E-state index is 0.208. The molecule has 2 aromatic heterocycles. The van der Waals surface area contributed by atoms with Crippen molar-refractivity contribution in [3.05, 3.63) is 71.9 Å². The molecule has 0 aliphatic heterocycles. The Kier molecular flexibility index (Phi) is 5.11. The summed E-state index contributed by atoms with van der Waals surface area (Å²) in [5.41, 5.74) is 1.40. The number of rotatable bonds is 6. The average Bonchev–Trinajstić information content (AvgIpc) is 3.37. The summed E-state index contributed by atoms with van der Waals surface area (Å²) in [6, 6.07) is 16.7. The summed E-state index contributed by atoms with van der Waals surface area (Å²) in [5, 5.41) is 8.58. The predicted molar refractivity (Wildman–Crippen MR) is 104 cm³/mol. The van der Waals surface area contributed by atoms with E-state index in [9.17, 15) is 9.18 Å². The van der Waals surface area contributed by atoms with E-state index in [1.807, 2.05) is 35.7 Å². The number of benzene rings is 2. The van der Waals surface area contributed by atoms with Gasteiger partial charge in [0.2, 0.25) is 5.82 Å². The number of nitrogens with zero attached hydrogens (tertiary/aromatic N) is 2. The topological polar surface area (TPSA) is 77.2 Å². The van der Waals surface area contributed by atoms with Crippen LogP contribution in [-0.2, 0) is 4.79 Å². The van der Waals surface area contributed by atoms with Gasteiger partial charge in [0.1, 0.15) is 16.4 Å². The first-order valence-corrected chi connectivity index (χ1v) is 9.22. The fourth-order valence-electron chi connectivity index (χ4n) is 2.46. The summed E-state index contributed by atoms with van der Waals surface area (Å²) in [6.07, 6.45) is 0. The van der Waals surface area contributed by atoms with E-state index >= 15 is 0 Å². The molecule has 0 fully saturated rings. The third-order valence-electron chi connectivity index (χ3n) is 3.78. The highest BCUT2D eigenvalue weighted by atomic mass is 32.1. The lowest BCUT2D eigenvalue weighted by Crippen LogP contribution is -2.20. The smallest absolute Gasteiger partial charge is 0.270 e. The normalized spacial score (nSPS) is 10.6. The molecule has 0 saturated heterocycles. The van der Waals surface area contributed by atoms with Gasteiger partial charge in [0, 0.05) is 5.56 Å². The van der Waals surface area contributed by atoms with Crippen molar-refractivity contribution in [2.75, 3.05) is 11.9 Å². The van der Waals surface area contributed by atoms with E-state index in [4.69, 9.17) is 9.26 Å². The molecular weight excluding hydrogens is 381 g/mol. The SMILES string of the molecule is O=C(COc1ccc(F)cc1)Nc1ccsc1-c1nc(-c2ccccc2)no1. The van der Waals surface area contributed by atoms with E-state index in [2.05, 4.69) is 15.5 Å². The van der Waals surface area contributed by atoms with Crippen LogP contribution in [0.25, 0.3) is 22.2 Å². The van der Waals surface area contributed by atoms with Crippen LogP contribution in [0.3, 0.4) is 0 Å². The Morgan fingerprint density at radius 2 is 1.89 bits per heavy atom. The van der Waals surface area contributed by atoms with E-state index in [1.54, 1.807) is 6.07 Å². The zero-order valence-electron chi connectivity index (χ0n) is 14.5. The Hall–Kier alpha value is -3.52. The van der Waals surface area contributed by atoms with Gasteiger partial charge >= 0.3 is 0 Å². The number of carbonyl (C=O) groups excluding carboxylic acids is 1. The molecule has 0 atom stereocenters. The number of carbonyl (C=O) groups is 1. The Morgan fingerprint density at radius 3 is 2.68 bits per heavy atom. The molecule has 140 valence electrons. The molecular formula is C20H14FN3O3S. The van der Waals surface area contributed by atoms with Crippen LogP contribution < -0.4 is 10.1 Å². The predicted octanol–water partition coefficient (Wildman–Crippen LogP) is 4.62. The van der Waals surface area contributed by atoms with Crippen LogP contribution in [0.15, 0.2) is 70.6 Å². The van der Waals surface area contributed by atoms with E-state index < -0.39 is 0 Å². The van der Waals surface area contributed by atoms with Gasteiger partial charge in [-0.15, -0.1) is 11.3 Å². The van der Waals surface area contributed by atoms with Crippen LogP contribution in [0, 0.1) is 5.82 Å². The first kappa shape index (κ1) is 17.9.